The molecule has 4 rings (SSSR count). The topological polar surface area (TPSA) is 59.5 Å². The maximum Gasteiger partial charge on any atom is 0.208 e. The number of sulfone groups is 1. The van der Waals surface area contributed by atoms with Gasteiger partial charge >= 0.3 is 0 Å². The van der Waals surface area contributed by atoms with Crippen LogP contribution in [0.3, 0.4) is 0 Å². The van der Waals surface area contributed by atoms with Gasteiger partial charge in [0.25, 0.3) is 0 Å². The molecule has 1 fully saturated rings. The summed E-state index contributed by atoms with van der Waals surface area (Å²) in [7, 11) is -3.57. The fraction of sp³-hybridized carbons (Fsp3) is 0.286. The molecule has 0 radical (unpaired) electrons. The van der Waals surface area contributed by atoms with E-state index in [-0.39, 0.29) is 15.8 Å². The van der Waals surface area contributed by atoms with Crippen LogP contribution in [-0.2, 0) is 14.6 Å². The van der Waals surface area contributed by atoms with Crippen LogP contribution in [0.2, 0.25) is 0 Å². The minimum Gasteiger partial charge on any atom is -0.379 e. The van der Waals surface area contributed by atoms with Crippen LogP contribution >= 0.6 is 0 Å². The number of pyridine rings is 1. The molecule has 1 aliphatic rings. The molecule has 0 N–H and O–H groups in total. The van der Waals surface area contributed by atoms with Gasteiger partial charge in [0.15, 0.2) is 0 Å². The van der Waals surface area contributed by atoms with Crippen molar-refractivity contribution >= 4 is 20.7 Å². The number of hydrogen-bond donors (Lipinski definition) is 0. The highest BCUT2D eigenvalue weighted by Gasteiger charge is 2.22. The van der Waals surface area contributed by atoms with E-state index in [9.17, 15) is 8.42 Å². The van der Waals surface area contributed by atoms with Gasteiger partial charge in [0.1, 0.15) is 0 Å². The Morgan fingerprint density at radius 1 is 1.00 bits per heavy atom. The number of nitrogens with zero attached hydrogens (tertiary/aromatic N) is 2. The van der Waals surface area contributed by atoms with Crippen LogP contribution in [0.4, 0.5) is 0 Å². The summed E-state index contributed by atoms with van der Waals surface area (Å²) >= 11 is 0. The van der Waals surface area contributed by atoms with Gasteiger partial charge in [-0.2, -0.15) is 0 Å². The average molecular weight is 382 g/mol. The molecule has 0 saturated carbocycles. The average Bonchev–Trinajstić information content (AvgIpc) is 2.73. The number of morpholine rings is 1. The number of benzene rings is 2. The Kier molecular flexibility index (Phi) is 4.95. The minimum atomic E-state index is -3.57. The van der Waals surface area contributed by atoms with Gasteiger partial charge < -0.3 is 4.74 Å². The van der Waals surface area contributed by atoms with Gasteiger partial charge in [-0.25, -0.2) is 8.42 Å². The third kappa shape index (κ3) is 3.48. The van der Waals surface area contributed by atoms with E-state index in [0.717, 1.165) is 42.8 Å². The Morgan fingerprint density at radius 3 is 2.48 bits per heavy atom. The first kappa shape index (κ1) is 18.1. The van der Waals surface area contributed by atoms with Crippen molar-refractivity contribution in [1.82, 2.24) is 9.88 Å². The minimum absolute atomic E-state index is 0.196. The predicted molar refractivity (Wildman–Crippen MR) is 104 cm³/mol. The Hall–Kier alpha value is -2.28. The number of rotatable bonds is 4. The molecule has 2 aromatic carbocycles. The zero-order chi connectivity index (χ0) is 18.9. The molecule has 3 aromatic rings. The molecule has 2 heterocycles. The lowest BCUT2D eigenvalue weighted by Crippen LogP contribution is -2.38. The van der Waals surface area contributed by atoms with E-state index in [2.05, 4.69) is 22.9 Å². The maximum atomic E-state index is 12.9. The van der Waals surface area contributed by atoms with E-state index < -0.39 is 9.84 Å². The summed E-state index contributed by atoms with van der Waals surface area (Å²) in [5.41, 5.74) is 1.96. The van der Waals surface area contributed by atoms with Gasteiger partial charge in [-0.1, -0.05) is 36.4 Å². The molecule has 1 aromatic heterocycles. The molecule has 0 spiro atoms. The predicted octanol–water partition coefficient (Wildman–Crippen LogP) is 3.46. The fourth-order valence-corrected chi connectivity index (χ4v) is 4.81. The highest BCUT2D eigenvalue weighted by molar-refractivity contribution is 7.91. The Bertz CT molecular complexity index is 1050. The molecule has 1 aliphatic heterocycles. The molecule has 0 aliphatic carbocycles. The molecule has 140 valence electrons. The third-order valence-corrected chi connectivity index (χ3v) is 6.86. The monoisotopic (exact) mass is 382 g/mol. The largest absolute Gasteiger partial charge is 0.379 e. The second-order valence-electron chi connectivity index (χ2n) is 6.73. The van der Waals surface area contributed by atoms with E-state index >= 15 is 0 Å². The third-order valence-electron chi connectivity index (χ3n) is 5.12. The van der Waals surface area contributed by atoms with Gasteiger partial charge in [-0.05, 0) is 30.7 Å². The first-order valence-electron chi connectivity index (χ1n) is 9.08. The van der Waals surface area contributed by atoms with E-state index in [4.69, 9.17) is 4.74 Å². The normalized spacial score (nSPS) is 17.1. The maximum absolute atomic E-state index is 12.9. The quantitative estimate of drug-likeness (QED) is 0.692. The Morgan fingerprint density at radius 2 is 1.74 bits per heavy atom. The zero-order valence-electron chi connectivity index (χ0n) is 15.2. The highest BCUT2D eigenvalue weighted by atomic mass is 32.2. The smallest absolute Gasteiger partial charge is 0.208 e. The number of fused-ring (bicyclic) bond motifs is 1. The molecule has 0 amide bonds. The summed E-state index contributed by atoms with van der Waals surface area (Å²) in [5, 5.41) is 0.838. The Labute approximate surface area is 159 Å². The molecule has 1 saturated heterocycles. The molecule has 1 unspecified atom stereocenters. The molecule has 6 heteroatoms. The molecular weight excluding hydrogens is 360 g/mol. The van der Waals surface area contributed by atoms with Crippen molar-refractivity contribution in [3.63, 3.8) is 0 Å². The van der Waals surface area contributed by atoms with Crippen LogP contribution in [-0.4, -0.2) is 44.6 Å². The van der Waals surface area contributed by atoms with Crippen molar-refractivity contribution < 1.29 is 13.2 Å². The van der Waals surface area contributed by atoms with Gasteiger partial charge in [-0.15, -0.1) is 0 Å². The summed E-state index contributed by atoms with van der Waals surface area (Å²) in [6.07, 6.45) is 1.47. The molecular formula is C21H22N2O3S. The van der Waals surface area contributed by atoms with Crippen LogP contribution in [0, 0.1) is 0 Å². The number of ether oxygens (including phenoxy) is 1. The van der Waals surface area contributed by atoms with Gasteiger partial charge in [0.2, 0.25) is 9.84 Å². The fourth-order valence-electron chi connectivity index (χ4n) is 3.55. The van der Waals surface area contributed by atoms with Crippen LogP contribution in [0.15, 0.2) is 70.6 Å². The summed E-state index contributed by atoms with van der Waals surface area (Å²) < 4.78 is 31.2. The van der Waals surface area contributed by atoms with Crippen LogP contribution < -0.4 is 0 Å². The van der Waals surface area contributed by atoms with Crippen molar-refractivity contribution in [2.45, 2.75) is 22.8 Å². The van der Waals surface area contributed by atoms with Crippen molar-refractivity contribution in [2.24, 2.45) is 0 Å². The first-order chi connectivity index (χ1) is 13.1. The van der Waals surface area contributed by atoms with Crippen molar-refractivity contribution in [1.29, 1.82) is 0 Å². The van der Waals surface area contributed by atoms with E-state index in [1.54, 1.807) is 36.4 Å². The number of para-hydroxylation sites is 1. The zero-order valence-corrected chi connectivity index (χ0v) is 16.0. The van der Waals surface area contributed by atoms with Crippen LogP contribution in [0.25, 0.3) is 10.9 Å². The van der Waals surface area contributed by atoms with Crippen LogP contribution in [0.1, 0.15) is 18.5 Å². The number of hydrogen-bond acceptors (Lipinski definition) is 5. The van der Waals surface area contributed by atoms with Crippen molar-refractivity contribution in [2.75, 3.05) is 26.3 Å². The van der Waals surface area contributed by atoms with E-state index in [0.29, 0.717) is 0 Å². The Balaban J connectivity index is 1.74. The highest BCUT2D eigenvalue weighted by Crippen LogP contribution is 2.29. The van der Waals surface area contributed by atoms with Gasteiger partial charge in [0, 0.05) is 30.7 Å². The van der Waals surface area contributed by atoms with E-state index in [1.165, 1.54) is 6.20 Å². The van der Waals surface area contributed by atoms with E-state index in [1.807, 2.05) is 12.1 Å². The molecule has 5 nitrogen and oxygen atoms in total. The lowest BCUT2D eigenvalue weighted by Gasteiger charge is -2.32. The summed E-state index contributed by atoms with van der Waals surface area (Å²) in [5.74, 6) is 0. The second kappa shape index (κ2) is 7.38. The lowest BCUT2D eigenvalue weighted by molar-refractivity contribution is 0.0201. The lowest BCUT2D eigenvalue weighted by atomic mass is 10.0. The standard InChI is InChI=1S/C21H22N2O3S/c1-16(23-10-12-26-13-11-23)20-9-5-6-17-14-19(15-22-21(17)20)27(24,25)18-7-3-2-4-8-18/h2-9,14-16H,10-13H2,1H3. The summed E-state index contributed by atoms with van der Waals surface area (Å²) in [4.78, 5) is 7.42. The van der Waals surface area contributed by atoms with Crippen molar-refractivity contribution in [3.05, 3.63) is 66.4 Å². The molecule has 1 atom stereocenters. The second-order valence-corrected chi connectivity index (χ2v) is 8.68. The SMILES string of the molecule is CC(c1cccc2cc(S(=O)(=O)c3ccccc3)cnc12)N1CCOCC1. The van der Waals surface area contributed by atoms with Crippen LogP contribution in [0.5, 0.6) is 0 Å². The van der Waals surface area contributed by atoms with Gasteiger partial charge in [0.05, 0.1) is 28.5 Å². The molecule has 27 heavy (non-hydrogen) atoms. The first-order valence-corrected chi connectivity index (χ1v) is 10.6. The number of aromatic nitrogens is 1. The summed E-state index contributed by atoms with van der Waals surface area (Å²) in [6.45, 7) is 5.41. The molecule has 0 bridgehead atoms. The van der Waals surface area contributed by atoms with Gasteiger partial charge in [-0.3, -0.25) is 9.88 Å². The van der Waals surface area contributed by atoms with Crippen molar-refractivity contribution in [3.8, 4) is 0 Å². The summed E-state index contributed by atoms with van der Waals surface area (Å²) in [6, 6.07) is 16.3.